The van der Waals surface area contributed by atoms with Gasteiger partial charge < -0.3 is 20.6 Å². The van der Waals surface area contributed by atoms with E-state index in [1.807, 2.05) is 0 Å². The number of hydrogen-bond donors (Lipinski definition) is 3. The normalized spacial score (nSPS) is 11.9. The van der Waals surface area contributed by atoms with E-state index < -0.39 is 17.9 Å². The van der Waals surface area contributed by atoms with Crippen molar-refractivity contribution in [2.24, 2.45) is 5.73 Å². The highest BCUT2D eigenvalue weighted by Gasteiger charge is 2.28. The minimum atomic E-state index is -1.18. The molecule has 1 heterocycles. The lowest BCUT2D eigenvalue weighted by Gasteiger charge is -2.12. The van der Waals surface area contributed by atoms with Gasteiger partial charge in [0, 0.05) is 12.6 Å². The molecule has 1 unspecified atom stereocenters. The van der Waals surface area contributed by atoms with Gasteiger partial charge in [-0.1, -0.05) is 30.3 Å². The molecule has 1 aromatic heterocycles. The van der Waals surface area contributed by atoms with Gasteiger partial charge in [0.15, 0.2) is 5.76 Å². The molecule has 0 aliphatic carbocycles. The summed E-state index contributed by atoms with van der Waals surface area (Å²) < 4.78 is 5.08. The fraction of sp³-hybridized carbons (Fsp3) is 0.143. The van der Waals surface area contributed by atoms with Gasteiger partial charge >= 0.3 is 0 Å². The summed E-state index contributed by atoms with van der Waals surface area (Å²) in [5.74, 6) is -1.44. The predicted octanol–water partition coefficient (Wildman–Crippen LogP) is 0.820. The third-order valence-electron chi connectivity index (χ3n) is 2.92. The molecule has 2 rings (SSSR count). The molecule has 0 saturated carbocycles. The second-order valence-corrected chi connectivity index (χ2v) is 4.15. The minimum absolute atomic E-state index is 0.0139. The molecule has 0 fully saturated rings. The molecule has 0 bridgehead atoms. The first kappa shape index (κ1) is 13.8. The number of nitrogens with one attached hydrogen (secondary N) is 1. The minimum Gasteiger partial charge on any atom is -0.458 e. The van der Waals surface area contributed by atoms with Crippen LogP contribution in [-0.4, -0.2) is 24.0 Å². The van der Waals surface area contributed by atoms with Crippen molar-refractivity contribution in [3.8, 4) is 0 Å². The second-order valence-electron chi connectivity index (χ2n) is 4.15. The molecule has 0 aliphatic heterocycles. The van der Waals surface area contributed by atoms with Crippen LogP contribution in [0, 0.1) is 0 Å². The summed E-state index contributed by atoms with van der Waals surface area (Å²) >= 11 is 0. The lowest BCUT2D eigenvalue weighted by molar-refractivity contribution is 0.0928. The molecule has 0 aliphatic rings. The van der Waals surface area contributed by atoms with Gasteiger partial charge in [-0.3, -0.25) is 9.59 Å². The quantitative estimate of drug-likeness (QED) is 0.767. The molecule has 0 radical (unpaired) electrons. The van der Waals surface area contributed by atoms with Gasteiger partial charge in [0.1, 0.15) is 12.4 Å². The lowest BCUT2D eigenvalue weighted by Crippen LogP contribution is -2.21. The Hall–Kier alpha value is -2.60. The van der Waals surface area contributed by atoms with E-state index in [-0.39, 0.29) is 16.9 Å². The van der Waals surface area contributed by atoms with Crippen LogP contribution in [0.5, 0.6) is 0 Å². The standard InChI is InChI=1S/C14H14N2O4/c1-16-14(19)12-10(9(7-20-12)13(15)18)11(17)8-5-3-2-4-6-8/h2-7,11,17H,1H3,(H2,15,18)(H,16,19). The monoisotopic (exact) mass is 274 g/mol. The van der Waals surface area contributed by atoms with E-state index in [0.717, 1.165) is 6.26 Å². The Bertz CT molecular complexity index is 634. The van der Waals surface area contributed by atoms with E-state index in [1.54, 1.807) is 30.3 Å². The summed E-state index contributed by atoms with van der Waals surface area (Å²) in [4.78, 5) is 23.1. The average Bonchev–Trinajstić information content (AvgIpc) is 2.91. The zero-order chi connectivity index (χ0) is 14.7. The van der Waals surface area contributed by atoms with Crippen molar-refractivity contribution in [1.82, 2.24) is 5.32 Å². The highest BCUT2D eigenvalue weighted by atomic mass is 16.3. The first-order valence-corrected chi connectivity index (χ1v) is 5.92. The Morgan fingerprint density at radius 1 is 1.30 bits per heavy atom. The van der Waals surface area contributed by atoms with Crippen LogP contribution in [0.3, 0.4) is 0 Å². The number of benzene rings is 1. The van der Waals surface area contributed by atoms with Crippen LogP contribution >= 0.6 is 0 Å². The molecular formula is C14H14N2O4. The molecule has 104 valence electrons. The number of hydrogen-bond acceptors (Lipinski definition) is 4. The van der Waals surface area contributed by atoms with Crippen molar-refractivity contribution >= 4 is 11.8 Å². The van der Waals surface area contributed by atoms with E-state index in [4.69, 9.17) is 10.2 Å². The molecule has 1 aromatic carbocycles. The Labute approximate surface area is 115 Å². The van der Waals surface area contributed by atoms with E-state index in [9.17, 15) is 14.7 Å². The maximum atomic E-state index is 11.7. The van der Waals surface area contributed by atoms with Gasteiger partial charge in [-0.15, -0.1) is 0 Å². The lowest BCUT2D eigenvalue weighted by atomic mass is 9.97. The van der Waals surface area contributed by atoms with Crippen molar-refractivity contribution < 1.29 is 19.1 Å². The number of amides is 2. The van der Waals surface area contributed by atoms with Gasteiger partial charge in [0.25, 0.3) is 11.8 Å². The third kappa shape index (κ3) is 2.41. The van der Waals surface area contributed by atoms with E-state index in [2.05, 4.69) is 5.32 Å². The maximum Gasteiger partial charge on any atom is 0.287 e. The van der Waals surface area contributed by atoms with Gasteiger partial charge in [-0.25, -0.2) is 0 Å². The second kappa shape index (κ2) is 5.58. The van der Waals surface area contributed by atoms with Gasteiger partial charge in [0.2, 0.25) is 0 Å². The van der Waals surface area contributed by atoms with Crippen molar-refractivity contribution in [2.75, 3.05) is 7.05 Å². The van der Waals surface area contributed by atoms with Crippen LogP contribution in [0.25, 0.3) is 0 Å². The summed E-state index contributed by atoms with van der Waals surface area (Å²) in [6.07, 6.45) is -0.0984. The number of nitrogens with two attached hydrogens (primary N) is 1. The van der Waals surface area contributed by atoms with Gasteiger partial charge in [-0.05, 0) is 5.56 Å². The van der Waals surface area contributed by atoms with Crippen LogP contribution in [0.2, 0.25) is 0 Å². The van der Waals surface area contributed by atoms with Crippen LogP contribution < -0.4 is 11.1 Å². The highest BCUT2D eigenvalue weighted by Crippen LogP contribution is 2.29. The van der Waals surface area contributed by atoms with Crippen LogP contribution in [0.15, 0.2) is 41.0 Å². The van der Waals surface area contributed by atoms with Crippen LogP contribution in [0.1, 0.15) is 38.1 Å². The number of carbonyl (C=O) groups excluding carboxylic acids is 2. The summed E-state index contributed by atoms with van der Waals surface area (Å²) in [5, 5.41) is 12.8. The summed E-state index contributed by atoms with van der Waals surface area (Å²) in [7, 11) is 1.42. The first-order chi connectivity index (χ1) is 9.56. The number of carbonyl (C=O) groups is 2. The van der Waals surface area contributed by atoms with Crippen LogP contribution in [0.4, 0.5) is 0 Å². The maximum absolute atomic E-state index is 11.7. The summed E-state index contributed by atoms with van der Waals surface area (Å²) in [6, 6.07) is 8.62. The molecule has 4 N–H and O–H groups in total. The number of primary amides is 1. The molecule has 6 heteroatoms. The first-order valence-electron chi connectivity index (χ1n) is 5.92. The molecule has 6 nitrogen and oxygen atoms in total. The number of furan rings is 1. The number of aliphatic hydroxyl groups excluding tert-OH is 1. The Morgan fingerprint density at radius 3 is 2.50 bits per heavy atom. The van der Waals surface area contributed by atoms with Crippen molar-refractivity contribution in [3.63, 3.8) is 0 Å². The third-order valence-corrected chi connectivity index (χ3v) is 2.92. The predicted molar refractivity (Wildman–Crippen MR) is 71.1 cm³/mol. The highest BCUT2D eigenvalue weighted by molar-refractivity contribution is 6.00. The van der Waals surface area contributed by atoms with Crippen molar-refractivity contribution in [2.45, 2.75) is 6.10 Å². The van der Waals surface area contributed by atoms with Gasteiger partial charge in [-0.2, -0.15) is 0 Å². The Kier molecular flexibility index (Phi) is 3.86. The smallest absolute Gasteiger partial charge is 0.287 e. The zero-order valence-electron chi connectivity index (χ0n) is 10.8. The SMILES string of the molecule is CNC(=O)c1occ(C(N)=O)c1C(O)c1ccccc1. The Morgan fingerprint density at radius 2 is 1.95 bits per heavy atom. The fourth-order valence-electron chi connectivity index (χ4n) is 1.92. The number of rotatable bonds is 4. The van der Waals surface area contributed by atoms with Crippen molar-refractivity contribution in [1.29, 1.82) is 0 Å². The molecule has 20 heavy (non-hydrogen) atoms. The number of aliphatic hydroxyl groups is 1. The average molecular weight is 274 g/mol. The van der Waals surface area contributed by atoms with E-state index in [0.29, 0.717) is 5.56 Å². The van der Waals surface area contributed by atoms with E-state index >= 15 is 0 Å². The molecule has 0 saturated heterocycles. The molecule has 2 amide bonds. The van der Waals surface area contributed by atoms with E-state index in [1.165, 1.54) is 7.05 Å². The van der Waals surface area contributed by atoms with Crippen molar-refractivity contribution in [3.05, 3.63) is 59.0 Å². The zero-order valence-corrected chi connectivity index (χ0v) is 10.8. The summed E-state index contributed by atoms with van der Waals surface area (Å²) in [5.41, 5.74) is 5.83. The summed E-state index contributed by atoms with van der Waals surface area (Å²) in [6.45, 7) is 0. The molecule has 2 aromatic rings. The van der Waals surface area contributed by atoms with Crippen LogP contribution in [-0.2, 0) is 0 Å². The topological polar surface area (TPSA) is 106 Å². The molecule has 1 atom stereocenters. The molecule has 0 spiro atoms. The fourth-order valence-corrected chi connectivity index (χ4v) is 1.92. The Balaban J connectivity index is 2.55. The largest absolute Gasteiger partial charge is 0.458 e. The molecular weight excluding hydrogens is 260 g/mol. The van der Waals surface area contributed by atoms with Gasteiger partial charge in [0.05, 0.1) is 5.56 Å².